The maximum Gasteiger partial charge on any atom is 0.102 e. The minimum absolute atomic E-state index is 0.267. The SMILES string of the molecule is C=C[C@H](OCc1ccccc1)[C@H](O)CC1CCCCC1. The van der Waals surface area contributed by atoms with Crippen LogP contribution in [0.5, 0.6) is 0 Å². The van der Waals surface area contributed by atoms with Crippen molar-refractivity contribution in [3.63, 3.8) is 0 Å². The van der Waals surface area contributed by atoms with Crippen LogP contribution in [0.15, 0.2) is 43.0 Å². The largest absolute Gasteiger partial charge is 0.390 e. The normalized spacial score (nSPS) is 19.4. The second-order valence-electron chi connectivity index (χ2n) is 5.80. The summed E-state index contributed by atoms with van der Waals surface area (Å²) in [7, 11) is 0. The molecule has 1 aromatic rings. The summed E-state index contributed by atoms with van der Waals surface area (Å²) in [6.07, 6.45) is 8.34. The third-order valence-electron chi connectivity index (χ3n) is 4.20. The molecule has 2 heteroatoms. The molecule has 1 saturated carbocycles. The van der Waals surface area contributed by atoms with Gasteiger partial charge in [0.05, 0.1) is 12.7 Å². The number of aliphatic hydroxyl groups is 1. The van der Waals surface area contributed by atoms with Crippen LogP contribution < -0.4 is 0 Å². The van der Waals surface area contributed by atoms with Crippen LogP contribution in [0.1, 0.15) is 44.1 Å². The second-order valence-corrected chi connectivity index (χ2v) is 5.80. The lowest BCUT2D eigenvalue weighted by Crippen LogP contribution is -2.29. The van der Waals surface area contributed by atoms with E-state index in [1.165, 1.54) is 32.1 Å². The van der Waals surface area contributed by atoms with Gasteiger partial charge in [0.1, 0.15) is 6.10 Å². The highest BCUT2D eigenvalue weighted by atomic mass is 16.5. The van der Waals surface area contributed by atoms with Crippen molar-refractivity contribution >= 4 is 0 Å². The molecule has 1 fully saturated rings. The van der Waals surface area contributed by atoms with Crippen molar-refractivity contribution in [1.29, 1.82) is 0 Å². The number of aliphatic hydroxyl groups excluding tert-OH is 1. The van der Waals surface area contributed by atoms with E-state index in [0.29, 0.717) is 12.5 Å². The zero-order valence-corrected chi connectivity index (χ0v) is 12.2. The molecule has 2 atom stereocenters. The molecule has 110 valence electrons. The molecular weight excluding hydrogens is 248 g/mol. The Morgan fingerprint density at radius 3 is 2.55 bits per heavy atom. The van der Waals surface area contributed by atoms with Gasteiger partial charge in [-0.25, -0.2) is 0 Å². The third-order valence-corrected chi connectivity index (χ3v) is 4.20. The molecule has 0 aromatic heterocycles. The summed E-state index contributed by atoms with van der Waals surface area (Å²) in [5.41, 5.74) is 1.13. The van der Waals surface area contributed by atoms with E-state index in [0.717, 1.165) is 12.0 Å². The van der Waals surface area contributed by atoms with Crippen molar-refractivity contribution in [3.05, 3.63) is 48.6 Å². The van der Waals surface area contributed by atoms with Gasteiger partial charge >= 0.3 is 0 Å². The van der Waals surface area contributed by atoms with Crippen LogP contribution in [-0.2, 0) is 11.3 Å². The molecule has 0 saturated heterocycles. The van der Waals surface area contributed by atoms with Crippen LogP contribution in [-0.4, -0.2) is 17.3 Å². The highest BCUT2D eigenvalue weighted by molar-refractivity contribution is 5.13. The Kier molecular flexibility index (Phi) is 6.28. The summed E-state index contributed by atoms with van der Waals surface area (Å²) >= 11 is 0. The molecule has 1 aromatic carbocycles. The first-order chi connectivity index (χ1) is 9.79. The molecule has 2 nitrogen and oxygen atoms in total. The predicted molar refractivity (Wildman–Crippen MR) is 82.4 cm³/mol. The summed E-state index contributed by atoms with van der Waals surface area (Å²) in [4.78, 5) is 0. The van der Waals surface area contributed by atoms with E-state index in [9.17, 15) is 5.11 Å². The highest BCUT2D eigenvalue weighted by Crippen LogP contribution is 2.28. The number of hydrogen-bond acceptors (Lipinski definition) is 2. The van der Waals surface area contributed by atoms with Crippen LogP contribution in [0.2, 0.25) is 0 Å². The van der Waals surface area contributed by atoms with E-state index < -0.39 is 6.10 Å². The standard InChI is InChI=1S/C18H26O2/c1-2-18(20-14-16-11-7-4-8-12-16)17(19)13-15-9-5-3-6-10-15/h2,4,7-8,11-12,15,17-19H,1,3,5-6,9-10,13-14H2/t17-,18+/m1/s1. The molecule has 1 aliphatic rings. The predicted octanol–water partition coefficient (Wildman–Crippen LogP) is 4.09. The molecule has 1 aliphatic carbocycles. The Hall–Kier alpha value is -1.12. The molecule has 0 amide bonds. The van der Waals surface area contributed by atoms with E-state index in [1.54, 1.807) is 6.08 Å². The topological polar surface area (TPSA) is 29.5 Å². The molecule has 2 rings (SSSR count). The van der Waals surface area contributed by atoms with Crippen molar-refractivity contribution in [2.45, 2.75) is 57.3 Å². The Balaban J connectivity index is 1.79. The Morgan fingerprint density at radius 2 is 1.90 bits per heavy atom. The summed E-state index contributed by atoms with van der Waals surface area (Å²) in [5.74, 6) is 0.654. The molecule has 20 heavy (non-hydrogen) atoms. The van der Waals surface area contributed by atoms with Crippen molar-refractivity contribution in [3.8, 4) is 0 Å². The Bertz CT molecular complexity index is 382. The fraction of sp³-hybridized carbons (Fsp3) is 0.556. The summed E-state index contributed by atoms with van der Waals surface area (Å²) in [5, 5.41) is 10.3. The highest BCUT2D eigenvalue weighted by Gasteiger charge is 2.22. The molecular formula is C18H26O2. The van der Waals surface area contributed by atoms with Gasteiger partial charge in [-0.3, -0.25) is 0 Å². The molecule has 0 bridgehead atoms. The average Bonchev–Trinajstić information content (AvgIpc) is 2.50. The van der Waals surface area contributed by atoms with Crippen LogP contribution in [0.3, 0.4) is 0 Å². The fourth-order valence-corrected chi connectivity index (χ4v) is 3.00. The van der Waals surface area contributed by atoms with Crippen LogP contribution in [0, 0.1) is 5.92 Å². The van der Waals surface area contributed by atoms with Gasteiger partial charge < -0.3 is 9.84 Å². The van der Waals surface area contributed by atoms with E-state index in [4.69, 9.17) is 4.74 Å². The molecule has 0 spiro atoms. The minimum Gasteiger partial charge on any atom is -0.390 e. The van der Waals surface area contributed by atoms with Gasteiger partial charge in [-0.1, -0.05) is 68.5 Å². The monoisotopic (exact) mass is 274 g/mol. The number of benzene rings is 1. The minimum atomic E-state index is -0.431. The van der Waals surface area contributed by atoms with Crippen LogP contribution in [0.25, 0.3) is 0 Å². The summed E-state index contributed by atoms with van der Waals surface area (Å²) in [6.45, 7) is 4.33. The first kappa shape index (κ1) is 15.3. The summed E-state index contributed by atoms with van der Waals surface area (Å²) in [6, 6.07) is 10.1. The first-order valence-electron chi connectivity index (χ1n) is 7.75. The van der Waals surface area contributed by atoms with E-state index in [1.807, 2.05) is 30.3 Å². The van der Waals surface area contributed by atoms with Crippen molar-refractivity contribution in [1.82, 2.24) is 0 Å². The third kappa shape index (κ3) is 4.77. The first-order valence-corrected chi connectivity index (χ1v) is 7.75. The number of ether oxygens (including phenoxy) is 1. The van der Waals surface area contributed by atoms with Crippen molar-refractivity contribution in [2.75, 3.05) is 0 Å². The fourth-order valence-electron chi connectivity index (χ4n) is 3.00. The lowest BCUT2D eigenvalue weighted by atomic mass is 9.84. The quantitative estimate of drug-likeness (QED) is 0.759. The maximum atomic E-state index is 10.3. The van der Waals surface area contributed by atoms with Crippen LogP contribution in [0.4, 0.5) is 0 Å². The lowest BCUT2D eigenvalue weighted by molar-refractivity contribution is -0.0298. The van der Waals surface area contributed by atoms with Gasteiger partial charge in [0.2, 0.25) is 0 Å². The van der Waals surface area contributed by atoms with E-state index in [2.05, 4.69) is 6.58 Å². The summed E-state index contributed by atoms with van der Waals surface area (Å²) < 4.78 is 5.81. The Labute approximate surface area is 122 Å². The van der Waals surface area contributed by atoms with E-state index >= 15 is 0 Å². The molecule has 0 heterocycles. The smallest absolute Gasteiger partial charge is 0.102 e. The van der Waals surface area contributed by atoms with Gasteiger partial charge in [-0.05, 0) is 17.9 Å². The number of rotatable bonds is 7. The van der Waals surface area contributed by atoms with Gasteiger partial charge in [-0.15, -0.1) is 6.58 Å². The number of hydrogen-bond donors (Lipinski definition) is 1. The molecule has 0 unspecified atom stereocenters. The average molecular weight is 274 g/mol. The van der Waals surface area contributed by atoms with Gasteiger partial charge in [0.15, 0.2) is 0 Å². The van der Waals surface area contributed by atoms with Crippen molar-refractivity contribution in [2.24, 2.45) is 5.92 Å². The van der Waals surface area contributed by atoms with Gasteiger partial charge in [-0.2, -0.15) is 0 Å². The lowest BCUT2D eigenvalue weighted by Gasteiger charge is -2.27. The zero-order chi connectivity index (χ0) is 14.2. The van der Waals surface area contributed by atoms with Gasteiger partial charge in [0.25, 0.3) is 0 Å². The van der Waals surface area contributed by atoms with E-state index in [-0.39, 0.29) is 6.10 Å². The zero-order valence-electron chi connectivity index (χ0n) is 12.2. The molecule has 1 N–H and O–H groups in total. The molecule has 0 radical (unpaired) electrons. The maximum absolute atomic E-state index is 10.3. The molecule has 0 aliphatic heterocycles. The van der Waals surface area contributed by atoms with Crippen LogP contribution >= 0.6 is 0 Å². The second kappa shape index (κ2) is 8.23. The Morgan fingerprint density at radius 1 is 1.20 bits per heavy atom. The van der Waals surface area contributed by atoms with Gasteiger partial charge in [0, 0.05) is 0 Å². The van der Waals surface area contributed by atoms with Crippen molar-refractivity contribution < 1.29 is 9.84 Å².